The summed E-state index contributed by atoms with van der Waals surface area (Å²) < 4.78 is 0. The molecule has 0 unspecified atom stereocenters. The van der Waals surface area contributed by atoms with Gasteiger partial charge in [0.05, 0.1) is 12.1 Å². The van der Waals surface area contributed by atoms with Crippen molar-refractivity contribution in [3.05, 3.63) is 40.5 Å². The van der Waals surface area contributed by atoms with Gasteiger partial charge in [0.2, 0.25) is 0 Å². The lowest BCUT2D eigenvalue weighted by Crippen LogP contribution is -2.06. The third-order valence-corrected chi connectivity index (χ3v) is 4.45. The van der Waals surface area contributed by atoms with Gasteiger partial charge < -0.3 is 10.3 Å². The largest absolute Gasteiger partial charge is 0.481 e. The Balaban J connectivity index is 1.84. The van der Waals surface area contributed by atoms with Gasteiger partial charge in [0.1, 0.15) is 0 Å². The predicted octanol–water partition coefficient (Wildman–Crippen LogP) is 3.61. The van der Waals surface area contributed by atoms with E-state index in [0.717, 1.165) is 12.0 Å². The zero-order valence-corrected chi connectivity index (χ0v) is 11.9. The first-order chi connectivity index (χ1) is 10.2. The molecule has 110 valence electrons. The molecule has 0 saturated heterocycles. The van der Waals surface area contributed by atoms with Crippen LogP contribution in [0.25, 0.3) is 5.57 Å². The highest BCUT2D eigenvalue weighted by Crippen LogP contribution is 2.41. The van der Waals surface area contributed by atoms with Crippen LogP contribution in [-0.4, -0.2) is 22.0 Å². The molecule has 0 bridgehead atoms. The molecule has 2 aliphatic rings. The van der Waals surface area contributed by atoms with Crippen LogP contribution in [0.2, 0.25) is 0 Å². The van der Waals surface area contributed by atoms with Crippen molar-refractivity contribution >= 4 is 17.3 Å². The zero-order valence-electron chi connectivity index (χ0n) is 11.9. The van der Waals surface area contributed by atoms with Crippen molar-refractivity contribution in [1.29, 1.82) is 0 Å². The smallest absolute Gasteiger partial charge is 0.303 e. The maximum absolute atomic E-state index is 10.7. The van der Waals surface area contributed by atoms with Gasteiger partial charge >= 0.3 is 5.97 Å². The SMILES string of the molecule is O=C(O)CC/C(=N/O)c1ccc2c(c1)CC1=C2CCCC1. The summed E-state index contributed by atoms with van der Waals surface area (Å²) in [6.07, 6.45) is 6.13. The summed E-state index contributed by atoms with van der Waals surface area (Å²) in [4.78, 5) is 10.7. The fourth-order valence-electron chi connectivity index (χ4n) is 3.41. The summed E-state index contributed by atoms with van der Waals surface area (Å²) in [6, 6.07) is 6.11. The standard InChI is InChI=1S/C17H19NO3/c19-17(20)8-7-16(18-21)12-5-6-15-13(10-12)9-11-3-1-2-4-14(11)15/h5-6,10,21H,1-4,7-9H2,(H,19,20)/b18-16-. The molecule has 0 spiro atoms. The van der Waals surface area contributed by atoms with Gasteiger partial charge in [0, 0.05) is 6.42 Å². The number of benzene rings is 1. The Bertz CT molecular complexity index is 643. The van der Waals surface area contributed by atoms with Crippen LogP contribution in [-0.2, 0) is 11.2 Å². The van der Waals surface area contributed by atoms with E-state index in [1.807, 2.05) is 6.07 Å². The molecule has 2 aliphatic carbocycles. The number of carbonyl (C=O) groups is 1. The third-order valence-electron chi connectivity index (χ3n) is 4.45. The van der Waals surface area contributed by atoms with Crippen molar-refractivity contribution in [2.24, 2.45) is 5.16 Å². The Hall–Kier alpha value is -2.10. The van der Waals surface area contributed by atoms with E-state index in [4.69, 9.17) is 10.3 Å². The molecule has 2 N–H and O–H groups in total. The van der Waals surface area contributed by atoms with E-state index < -0.39 is 5.97 Å². The van der Waals surface area contributed by atoms with Crippen molar-refractivity contribution in [2.75, 3.05) is 0 Å². The number of aliphatic carboxylic acids is 1. The van der Waals surface area contributed by atoms with Crippen LogP contribution in [0, 0.1) is 0 Å². The Morgan fingerprint density at radius 1 is 1.19 bits per heavy atom. The second kappa shape index (κ2) is 5.72. The highest BCUT2D eigenvalue weighted by atomic mass is 16.4. The van der Waals surface area contributed by atoms with E-state index in [1.54, 1.807) is 5.57 Å². The molecule has 0 aromatic heterocycles. The van der Waals surface area contributed by atoms with Crippen LogP contribution < -0.4 is 0 Å². The first-order valence-corrected chi connectivity index (χ1v) is 7.46. The van der Waals surface area contributed by atoms with Crippen molar-refractivity contribution < 1.29 is 15.1 Å². The minimum absolute atomic E-state index is 0.0226. The molecule has 1 aromatic rings. The lowest BCUT2D eigenvalue weighted by atomic mass is 9.92. The Labute approximate surface area is 123 Å². The highest BCUT2D eigenvalue weighted by Gasteiger charge is 2.24. The Morgan fingerprint density at radius 2 is 2.00 bits per heavy atom. The molecule has 0 saturated carbocycles. The van der Waals surface area contributed by atoms with E-state index in [1.165, 1.54) is 42.4 Å². The molecule has 0 radical (unpaired) electrons. The summed E-state index contributed by atoms with van der Waals surface area (Å²) >= 11 is 0. The number of rotatable bonds is 4. The van der Waals surface area contributed by atoms with Crippen molar-refractivity contribution in [3.8, 4) is 0 Å². The molecule has 0 amide bonds. The molecule has 0 heterocycles. The number of nitrogens with zero attached hydrogens (tertiary/aromatic N) is 1. The minimum atomic E-state index is -0.880. The molecule has 4 nitrogen and oxygen atoms in total. The molecule has 0 fully saturated rings. The van der Waals surface area contributed by atoms with Gasteiger partial charge in [0.25, 0.3) is 0 Å². The van der Waals surface area contributed by atoms with Crippen LogP contribution >= 0.6 is 0 Å². The van der Waals surface area contributed by atoms with Gasteiger partial charge in [-0.3, -0.25) is 4.79 Å². The van der Waals surface area contributed by atoms with Crippen LogP contribution in [0.15, 0.2) is 28.9 Å². The van der Waals surface area contributed by atoms with E-state index in [0.29, 0.717) is 5.71 Å². The van der Waals surface area contributed by atoms with Crippen molar-refractivity contribution in [3.63, 3.8) is 0 Å². The molecule has 0 aliphatic heterocycles. The fraction of sp³-hybridized carbons (Fsp3) is 0.412. The zero-order chi connectivity index (χ0) is 14.8. The number of oxime groups is 1. The molecule has 21 heavy (non-hydrogen) atoms. The Kier molecular flexibility index (Phi) is 3.78. The number of hydrogen-bond acceptors (Lipinski definition) is 3. The minimum Gasteiger partial charge on any atom is -0.481 e. The molecule has 1 aromatic carbocycles. The monoisotopic (exact) mass is 285 g/mol. The van der Waals surface area contributed by atoms with Gasteiger partial charge in [-0.1, -0.05) is 22.9 Å². The average molecular weight is 285 g/mol. The Morgan fingerprint density at radius 3 is 2.76 bits per heavy atom. The molecule has 3 rings (SSSR count). The summed E-state index contributed by atoms with van der Waals surface area (Å²) in [5.41, 5.74) is 6.97. The summed E-state index contributed by atoms with van der Waals surface area (Å²) in [5.74, 6) is -0.880. The van der Waals surface area contributed by atoms with Crippen molar-refractivity contribution in [1.82, 2.24) is 0 Å². The van der Waals surface area contributed by atoms with Crippen molar-refractivity contribution in [2.45, 2.75) is 44.9 Å². The number of carboxylic acids is 1. The molecular formula is C17H19NO3. The van der Waals surface area contributed by atoms with E-state index >= 15 is 0 Å². The van der Waals surface area contributed by atoms with Crippen LogP contribution in [0.5, 0.6) is 0 Å². The van der Waals surface area contributed by atoms with Gasteiger partial charge in [0.15, 0.2) is 0 Å². The normalized spacial score (nSPS) is 17.6. The summed E-state index contributed by atoms with van der Waals surface area (Å²) in [7, 11) is 0. The predicted molar refractivity (Wildman–Crippen MR) is 80.7 cm³/mol. The topological polar surface area (TPSA) is 69.9 Å². The average Bonchev–Trinajstić information content (AvgIpc) is 2.85. The number of hydrogen-bond donors (Lipinski definition) is 2. The second-order valence-corrected chi connectivity index (χ2v) is 5.78. The summed E-state index contributed by atoms with van der Waals surface area (Å²) in [6.45, 7) is 0. The first-order valence-electron chi connectivity index (χ1n) is 7.46. The maximum Gasteiger partial charge on any atom is 0.303 e. The van der Waals surface area contributed by atoms with Gasteiger partial charge in [-0.05, 0) is 60.4 Å². The fourth-order valence-corrected chi connectivity index (χ4v) is 3.41. The summed E-state index contributed by atoms with van der Waals surface area (Å²) in [5, 5.41) is 21.2. The molecule has 4 heteroatoms. The number of allylic oxidation sites excluding steroid dienone is 2. The van der Waals surface area contributed by atoms with Crippen LogP contribution in [0.4, 0.5) is 0 Å². The molecular weight excluding hydrogens is 266 g/mol. The van der Waals surface area contributed by atoms with Crippen LogP contribution in [0.3, 0.4) is 0 Å². The lowest BCUT2D eigenvalue weighted by Gasteiger charge is -2.14. The van der Waals surface area contributed by atoms with Gasteiger partial charge in [-0.2, -0.15) is 0 Å². The van der Waals surface area contributed by atoms with Gasteiger partial charge in [-0.25, -0.2) is 0 Å². The maximum atomic E-state index is 10.7. The van der Waals surface area contributed by atoms with E-state index in [-0.39, 0.29) is 12.8 Å². The molecule has 0 atom stereocenters. The second-order valence-electron chi connectivity index (χ2n) is 5.78. The first kappa shape index (κ1) is 13.9. The quantitative estimate of drug-likeness (QED) is 0.504. The number of carboxylic acid groups (broad SMARTS) is 1. The lowest BCUT2D eigenvalue weighted by molar-refractivity contribution is -0.136. The third kappa shape index (κ3) is 2.71. The van der Waals surface area contributed by atoms with E-state index in [9.17, 15) is 4.79 Å². The van der Waals surface area contributed by atoms with Gasteiger partial charge in [-0.15, -0.1) is 0 Å². The van der Waals surface area contributed by atoms with Crippen LogP contribution in [0.1, 0.15) is 55.2 Å². The number of fused-ring (bicyclic) bond motifs is 2. The van der Waals surface area contributed by atoms with E-state index in [2.05, 4.69) is 17.3 Å². The highest BCUT2D eigenvalue weighted by molar-refractivity contribution is 6.02.